The van der Waals surface area contributed by atoms with E-state index >= 15 is 0 Å². The molecule has 0 fully saturated rings. The van der Waals surface area contributed by atoms with Gasteiger partial charge in [0.05, 0.1) is 0 Å². The third kappa shape index (κ3) is 4.33. The smallest absolute Gasteiger partial charge is 0.315 e. The molecule has 1 amide bonds. The highest BCUT2D eigenvalue weighted by atomic mass is 16.4. The number of carbonyl (C=O) groups is 2. The number of benzene rings is 1. The van der Waals surface area contributed by atoms with Crippen LogP contribution in [0.4, 0.5) is 0 Å². The summed E-state index contributed by atoms with van der Waals surface area (Å²) >= 11 is 0. The predicted molar refractivity (Wildman–Crippen MR) is 87.7 cm³/mol. The SMILES string of the molecule is CCCC(C(=O)NCC(C)(C(=O)O)c1ccccc1)C(C)C. The lowest BCUT2D eigenvalue weighted by atomic mass is 9.82. The second-order valence-corrected chi connectivity index (χ2v) is 6.36. The maximum Gasteiger partial charge on any atom is 0.315 e. The van der Waals surface area contributed by atoms with E-state index < -0.39 is 11.4 Å². The molecule has 0 aliphatic rings. The average Bonchev–Trinajstić information content (AvgIpc) is 2.50. The molecule has 2 atom stereocenters. The lowest BCUT2D eigenvalue weighted by Gasteiger charge is -2.27. The Bertz CT molecular complexity index is 498. The molecule has 0 aliphatic carbocycles. The Morgan fingerprint density at radius 2 is 1.82 bits per heavy atom. The van der Waals surface area contributed by atoms with Crippen molar-refractivity contribution in [2.45, 2.75) is 46.0 Å². The fraction of sp³-hybridized carbons (Fsp3) is 0.556. The van der Waals surface area contributed by atoms with Crippen molar-refractivity contribution in [1.29, 1.82) is 0 Å². The van der Waals surface area contributed by atoms with E-state index in [0.717, 1.165) is 12.8 Å². The van der Waals surface area contributed by atoms with Crippen LogP contribution < -0.4 is 5.32 Å². The van der Waals surface area contributed by atoms with Gasteiger partial charge in [0.25, 0.3) is 0 Å². The monoisotopic (exact) mass is 305 g/mol. The number of rotatable bonds is 8. The molecule has 0 aromatic heterocycles. The van der Waals surface area contributed by atoms with E-state index in [0.29, 0.717) is 5.56 Å². The highest BCUT2D eigenvalue weighted by molar-refractivity contribution is 5.84. The molecule has 0 saturated carbocycles. The van der Waals surface area contributed by atoms with E-state index in [1.807, 2.05) is 39.0 Å². The zero-order valence-electron chi connectivity index (χ0n) is 13.9. The van der Waals surface area contributed by atoms with Crippen LogP contribution in [-0.4, -0.2) is 23.5 Å². The van der Waals surface area contributed by atoms with Crippen molar-refractivity contribution in [2.75, 3.05) is 6.54 Å². The van der Waals surface area contributed by atoms with Gasteiger partial charge in [0.15, 0.2) is 0 Å². The molecule has 4 nitrogen and oxygen atoms in total. The zero-order chi connectivity index (χ0) is 16.8. The summed E-state index contributed by atoms with van der Waals surface area (Å²) in [6.07, 6.45) is 1.75. The molecule has 0 bridgehead atoms. The topological polar surface area (TPSA) is 66.4 Å². The molecule has 1 aromatic carbocycles. The number of hydrogen-bond acceptors (Lipinski definition) is 2. The molecular formula is C18H27NO3. The van der Waals surface area contributed by atoms with Crippen LogP contribution in [0.5, 0.6) is 0 Å². The van der Waals surface area contributed by atoms with E-state index in [1.54, 1.807) is 19.1 Å². The number of amides is 1. The van der Waals surface area contributed by atoms with Crippen LogP contribution in [0, 0.1) is 11.8 Å². The number of carboxylic acids is 1. The molecule has 0 aliphatic heterocycles. The van der Waals surface area contributed by atoms with Crippen molar-refractivity contribution in [3.8, 4) is 0 Å². The minimum Gasteiger partial charge on any atom is -0.481 e. The van der Waals surface area contributed by atoms with Crippen LogP contribution in [0.3, 0.4) is 0 Å². The van der Waals surface area contributed by atoms with Crippen molar-refractivity contribution in [3.05, 3.63) is 35.9 Å². The number of hydrogen-bond donors (Lipinski definition) is 2. The number of aliphatic carboxylic acids is 1. The standard InChI is InChI=1S/C18H27NO3/c1-5-9-15(13(2)3)16(20)19-12-18(4,17(21)22)14-10-7-6-8-11-14/h6-8,10-11,13,15H,5,9,12H2,1-4H3,(H,19,20)(H,21,22). The lowest BCUT2D eigenvalue weighted by molar-refractivity contribution is -0.143. The third-order valence-electron chi connectivity index (χ3n) is 4.24. The fourth-order valence-electron chi connectivity index (χ4n) is 2.58. The van der Waals surface area contributed by atoms with Crippen LogP contribution in [0.15, 0.2) is 30.3 Å². The first kappa shape index (κ1) is 18.2. The fourth-order valence-corrected chi connectivity index (χ4v) is 2.58. The van der Waals surface area contributed by atoms with Crippen molar-refractivity contribution < 1.29 is 14.7 Å². The van der Waals surface area contributed by atoms with Gasteiger partial charge in [-0.25, -0.2) is 0 Å². The first-order valence-electron chi connectivity index (χ1n) is 7.89. The molecule has 0 saturated heterocycles. The summed E-state index contributed by atoms with van der Waals surface area (Å²) < 4.78 is 0. The van der Waals surface area contributed by atoms with Gasteiger partial charge >= 0.3 is 5.97 Å². The third-order valence-corrected chi connectivity index (χ3v) is 4.24. The van der Waals surface area contributed by atoms with Gasteiger partial charge in [-0.1, -0.05) is 57.5 Å². The molecule has 1 rings (SSSR count). The summed E-state index contributed by atoms with van der Waals surface area (Å²) in [7, 11) is 0. The molecule has 0 radical (unpaired) electrons. The summed E-state index contributed by atoms with van der Waals surface area (Å²) in [6.45, 7) is 7.84. The minimum absolute atomic E-state index is 0.0553. The largest absolute Gasteiger partial charge is 0.481 e. The normalized spacial score (nSPS) is 15.1. The minimum atomic E-state index is -1.12. The van der Waals surface area contributed by atoms with Gasteiger partial charge in [-0.05, 0) is 24.8 Å². The van der Waals surface area contributed by atoms with E-state index in [4.69, 9.17) is 0 Å². The molecule has 0 spiro atoms. The number of carbonyl (C=O) groups excluding carboxylic acids is 1. The second kappa shape index (κ2) is 7.97. The quantitative estimate of drug-likeness (QED) is 0.775. The Balaban J connectivity index is 2.85. The Kier molecular flexibility index (Phi) is 6.60. The molecule has 122 valence electrons. The Hall–Kier alpha value is -1.84. The van der Waals surface area contributed by atoms with Crippen molar-refractivity contribution >= 4 is 11.9 Å². The van der Waals surface area contributed by atoms with Crippen molar-refractivity contribution in [3.63, 3.8) is 0 Å². The van der Waals surface area contributed by atoms with Gasteiger partial charge in [-0.2, -0.15) is 0 Å². The molecule has 2 unspecified atom stereocenters. The lowest BCUT2D eigenvalue weighted by Crippen LogP contribution is -2.46. The van der Waals surface area contributed by atoms with Gasteiger partial charge in [0.2, 0.25) is 5.91 Å². The Labute approximate surface area is 132 Å². The summed E-state index contributed by atoms with van der Waals surface area (Å²) in [5, 5.41) is 12.4. The molecule has 22 heavy (non-hydrogen) atoms. The summed E-state index contributed by atoms with van der Waals surface area (Å²) in [5.41, 5.74) is -0.426. The molecular weight excluding hydrogens is 278 g/mol. The highest BCUT2D eigenvalue weighted by Gasteiger charge is 2.36. The van der Waals surface area contributed by atoms with Crippen LogP contribution >= 0.6 is 0 Å². The Morgan fingerprint density at radius 3 is 2.27 bits per heavy atom. The van der Waals surface area contributed by atoms with E-state index in [-0.39, 0.29) is 24.3 Å². The maximum atomic E-state index is 12.4. The van der Waals surface area contributed by atoms with Gasteiger partial charge < -0.3 is 10.4 Å². The Morgan fingerprint density at radius 1 is 1.23 bits per heavy atom. The van der Waals surface area contributed by atoms with Crippen LogP contribution in [0.25, 0.3) is 0 Å². The van der Waals surface area contributed by atoms with Gasteiger partial charge in [0.1, 0.15) is 5.41 Å². The van der Waals surface area contributed by atoms with Crippen LogP contribution in [-0.2, 0) is 15.0 Å². The van der Waals surface area contributed by atoms with Crippen LogP contribution in [0.1, 0.15) is 46.1 Å². The molecule has 0 heterocycles. The first-order chi connectivity index (χ1) is 10.3. The summed E-state index contributed by atoms with van der Waals surface area (Å²) in [5.74, 6) is -0.817. The van der Waals surface area contributed by atoms with E-state index in [1.165, 1.54) is 0 Å². The average molecular weight is 305 g/mol. The predicted octanol–water partition coefficient (Wildman–Crippen LogP) is 3.22. The molecule has 2 N–H and O–H groups in total. The second-order valence-electron chi connectivity index (χ2n) is 6.36. The van der Waals surface area contributed by atoms with Gasteiger partial charge in [-0.15, -0.1) is 0 Å². The van der Waals surface area contributed by atoms with Crippen molar-refractivity contribution in [1.82, 2.24) is 5.32 Å². The molecule has 1 aromatic rings. The van der Waals surface area contributed by atoms with Gasteiger partial charge in [0, 0.05) is 12.5 Å². The summed E-state index contributed by atoms with van der Waals surface area (Å²) in [6, 6.07) is 9.04. The zero-order valence-corrected chi connectivity index (χ0v) is 13.9. The van der Waals surface area contributed by atoms with Crippen molar-refractivity contribution in [2.24, 2.45) is 11.8 Å². The number of nitrogens with one attached hydrogen (secondary N) is 1. The summed E-state index contributed by atoms with van der Waals surface area (Å²) in [4.78, 5) is 24.1. The van der Waals surface area contributed by atoms with E-state index in [2.05, 4.69) is 5.32 Å². The maximum absolute atomic E-state index is 12.4. The number of carboxylic acid groups (broad SMARTS) is 1. The van der Waals surface area contributed by atoms with Gasteiger partial charge in [-0.3, -0.25) is 9.59 Å². The highest BCUT2D eigenvalue weighted by Crippen LogP contribution is 2.24. The van der Waals surface area contributed by atoms with Crippen LogP contribution in [0.2, 0.25) is 0 Å². The van der Waals surface area contributed by atoms with E-state index in [9.17, 15) is 14.7 Å². The molecule has 4 heteroatoms. The first-order valence-corrected chi connectivity index (χ1v) is 7.89.